The Bertz CT molecular complexity index is 1040. The summed E-state index contributed by atoms with van der Waals surface area (Å²) in [6.07, 6.45) is 3.93. The molecule has 30 heavy (non-hydrogen) atoms. The Morgan fingerprint density at radius 2 is 1.90 bits per heavy atom. The van der Waals surface area contributed by atoms with E-state index in [-0.39, 0.29) is 11.8 Å². The third-order valence-electron chi connectivity index (χ3n) is 6.51. The van der Waals surface area contributed by atoms with E-state index < -0.39 is 23.0 Å². The van der Waals surface area contributed by atoms with Gasteiger partial charge in [0.05, 0.1) is 24.0 Å². The number of hydrogen-bond acceptors (Lipinski definition) is 3. The number of nitrogens with one attached hydrogen (secondary N) is 1. The number of amides is 2. The number of nitrogens with zero attached hydrogens (tertiary/aromatic N) is 1. The molecule has 4 atom stereocenters. The van der Waals surface area contributed by atoms with E-state index in [0.717, 1.165) is 11.1 Å². The molecule has 0 radical (unpaired) electrons. The molecule has 0 saturated carbocycles. The van der Waals surface area contributed by atoms with Gasteiger partial charge in [0.2, 0.25) is 11.8 Å². The average Bonchev–Trinajstić information content (AvgIpc) is 3.30. The minimum atomic E-state index is -0.774. The summed E-state index contributed by atoms with van der Waals surface area (Å²) in [5.74, 6) is -1.28. The number of ether oxygens (including phenoxy) is 1. The molecule has 2 amide bonds. The lowest BCUT2D eigenvalue weighted by atomic mass is 9.72. The van der Waals surface area contributed by atoms with Gasteiger partial charge >= 0.3 is 0 Å². The molecule has 2 aromatic carbocycles. The first-order chi connectivity index (χ1) is 14.4. The van der Waals surface area contributed by atoms with Crippen molar-refractivity contribution in [2.45, 2.75) is 31.2 Å². The van der Waals surface area contributed by atoms with Crippen molar-refractivity contribution in [3.63, 3.8) is 0 Å². The van der Waals surface area contributed by atoms with E-state index in [0.29, 0.717) is 24.7 Å². The van der Waals surface area contributed by atoms with Crippen LogP contribution in [0, 0.1) is 11.8 Å². The Morgan fingerprint density at radius 3 is 2.67 bits per heavy atom. The molecule has 0 aromatic heterocycles. The summed E-state index contributed by atoms with van der Waals surface area (Å²) in [6.45, 7) is 3.19. The summed E-state index contributed by atoms with van der Waals surface area (Å²) in [5.41, 5.74) is 0.402. The predicted octanol–water partition coefficient (Wildman–Crippen LogP) is 3.33. The van der Waals surface area contributed by atoms with Crippen molar-refractivity contribution in [3.05, 3.63) is 82.9 Å². The summed E-state index contributed by atoms with van der Waals surface area (Å²) >= 11 is 6.22. The van der Waals surface area contributed by atoms with Gasteiger partial charge in [0, 0.05) is 18.1 Å². The minimum absolute atomic E-state index is 0.0233. The molecule has 3 heterocycles. The minimum Gasteiger partial charge on any atom is -0.357 e. The molecule has 2 fully saturated rings. The number of rotatable bonds is 5. The lowest BCUT2D eigenvalue weighted by molar-refractivity contribution is -0.139. The third kappa shape index (κ3) is 2.96. The molecular formula is C24H23ClN2O3. The zero-order chi connectivity index (χ0) is 20.9. The van der Waals surface area contributed by atoms with E-state index in [1.807, 2.05) is 72.5 Å². The second kappa shape index (κ2) is 6.96. The molecule has 5 nitrogen and oxygen atoms in total. The predicted molar refractivity (Wildman–Crippen MR) is 113 cm³/mol. The van der Waals surface area contributed by atoms with Crippen molar-refractivity contribution in [3.8, 4) is 0 Å². The number of likely N-dealkylation sites (tertiary alicyclic amines) is 1. The van der Waals surface area contributed by atoms with Gasteiger partial charge in [-0.1, -0.05) is 72.3 Å². The Morgan fingerprint density at radius 1 is 1.17 bits per heavy atom. The van der Waals surface area contributed by atoms with Gasteiger partial charge in [-0.05, 0) is 24.1 Å². The highest BCUT2D eigenvalue weighted by Crippen LogP contribution is 2.57. The SMILES string of the molecule is C[C@]12C=CC3(CN(Cc4ccccc4)C(=O)[C@@H]3C1C(=O)NCc1ccccc1Cl)O2. The molecule has 0 aliphatic carbocycles. The molecule has 2 saturated heterocycles. The van der Waals surface area contributed by atoms with E-state index in [9.17, 15) is 9.59 Å². The van der Waals surface area contributed by atoms with Crippen LogP contribution < -0.4 is 5.32 Å². The second-order valence-electron chi connectivity index (χ2n) is 8.52. The fourth-order valence-electron chi connectivity index (χ4n) is 5.12. The van der Waals surface area contributed by atoms with E-state index in [1.54, 1.807) is 6.07 Å². The van der Waals surface area contributed by atoms with Gasteiger partial charge in [0.1, 0.15) is 5.60 Å². The number of carbonyl (C=O) groups is 2. The van der Waals surface area contributed by atoms with Crippen LogP contribution in [0.5, 0.6) is 0 Å². The zero-order valence-electron chi connectivity index (χ0n) is 16.7. The topological polar surface area (TPSA) is 58.6 Å². The molecule has 6 heteroatoms. The number of carbonyl (C=O) groups excluding carboxylic acids is 2. The van der Waals surface area contributed by atoms with E-state index >= 15 is 0 Å². The first-order valence-corrected chi connectivity index (χ1v) is 10.5. The highest BCUT2D eigenvalue weighted by molar-refractivity contribution is 6.31. The number of halogens is 1. The van der Waals surface area contributed by atoms with Crippen molar-refractivity contribution in [2.75, 3.05) is 6.54 Å². The molecule has 5 rings (SSSR count). The van der Waals surface area contributed by atoms with E-state index in [1.165, 1.54) is 0 Å². The Balaban J connectivity index is 1.37. The summed E-state index contributed by atoms with van der Waals surface area (Å²) in [6, 6.07) is 17.3. The van der Waals surface area contributed by atoms with Crippen molar-refractivity contribution >= 4 is 23.4 Å². The van der Waals surface area contributed by atoms with Gasteiger partial charge in [-0.3, -0.25) is 9.59 Å². The first-order valence-electron chi connectivity index (χ1n) is 10.2. The van der Waals surface area contributed by atoms with Crippen molar-refractivity contribution in [1.29, 1.82) is 0 Å². The van der Waals surface area contributed by atoms with Crippen LogP contribution >= 0.6 is 11.6 Å². The lowest BCUT2D eigenvalue weighted by Gasteiger charge is -2.29. The molecule has 3 aliphatic rings. The molecule has 3 aliphatic heterocycles. The van der Waals surface area contributed by atoms with Crippen LogP contribution in [-0.4, -0.2) is 34.5 Å². The summed E-state index contributed by atoms with van der Waals surface area (Å²) in [5, 5.41) is 3.59. The van der Waals surface area contributed by atoms with Crippen LogP contribution in [0.4, 0.5) is 0 Å². The normalized spacial score (nSPS) is 31.3. The molecular weight excluding hydrogens is 400 g/mol. The monoisotopic (exact) mass is 422 g/mol. The molecule has 1 spiro atoms. The highest BCUT2D eigenvalue weighted by Gasteiger charge is 2.71. The van der Waals surface area contributed by atoms with Crippen LogP contribution in [0.3, 0.4) is 0 Å². The van der Waals surface area contributed by atoms with E-state index in [2.05, 4.69) is 5.32 Å². The maximum Gasteiger partial charge on any atom is 0.230 e. The zero-order valence-corrected chi connectivity index (χ0v) is 17.4. The standard InChI is InChI=1S/C24H23ClN2O3/c1-23-11-12-24(30-23)15-27(14-16-7-3-2-4-8-16)22(29)20(24)19(23)21(28)26-13-17-9-5-6-10-18(17)25/h2-12,19-20H,13-15H2,1H3,(H,26,28)/t19?,20-,23-,24?/m0/s1. The smallest absolute Gasteiger partial charge is 0.230 e. The molecule has 2 aromatic rings. The van der Waals surface area contributed by atoms with Crippen LogP contribution in [0.2, 0.25) is 5.02 Å². The summed E-state index contributed by atoms with van der Waals surface area (Å²) in [4.78, 5) is 28.4. The fraction of sp³-hybridized carbons (Fsp3) is 0.333. The Labute approximate surface area is 180 Å². The van der Waals surface area contributed by atoms with Crippen LogP contribution in [0.15, 0.2) is 66.7 Å². The summed E-state index contributed by atoms with van der Waals surface area (Å²) in [7, 11) is 0. The van der Waals surface area contributed by atoms with Crippen LogP contribution in [-0.2, 0) is 27.4 Å². The van der Waals surface area contributed by atoms with Gasteiger partial charge < -0.3 is 15.0 Å². The maximum absolute atomic E-state index is 13.4. The van der Waals surface area contributed by atoms with Gasteiger partial charge in [-0.15, -0.1) is 0 Å². The molecule has 154 valence electrons. The first kappa shape index (κ1) is 19.3. The van der Waals surface area contributed by atoms with Gasteiger partial charge in [0.15, 0.2) is 0 Å². The van der Waals surface area contributed by atoms with Gasteiger partial charge in [0.25, 0.3) is 0 Å². The summed E-state index contributed by atoms with van der Waals surface area (Å²) < 4.78 is 6.36. The van der Waals surface area contributed by atoms with Gasteiger partial charge in [-0.25, -0.2) is 0 Å². The van der Waals surface area contributed by atoms with Crippen molar-refractivity contribution in [2.24, 2.45) is 11.8 Å². The Hall–Kier alpha value is -2.63. The largest absolute Gasteiger partial charge is 0.357 e. The average molecular weight is 423 g/mol. The Kier molecular flexibility index (Phi) is 4.49. The molecule has 2 bridgehead atoms. The van der Waals surface area contributed by atoms with E-state index in [4.69, 9.17) is 16.3 Å². The number of hydrogen-bond donors (Lipinski definition) is 1. The molecule has 1 N–H and O–H groups in total. The van der Waals surface area contributed by atoms with Crippen LogP contribution in [0.1, 0.15) is 18.1 Å². The van der Waals surface area contributed by atoms with Crippen LogP contribution in [0.25, 0.3) is 0 Å². The third-order valence-corrected chi connectivity index (χ3v) is 6.88. The van der Waals surface area contributed by atoms with Gasteiger partial charge in [-0.2, -0.15) is 0 Å². The van der Waals surface area contributed by atoms with Crippen molar-refractivity contribution in [1.82, 2.24) is 10.2 Å². The number of fused-ring (bicyclic) bond motifs is 1. The molecule has 2 unspecified atom stereocenters. The quantitative estimate of drug-likeness (QED) is 0.752. The highest BCUT2D eigenvalue weighted by atomic mass is 35.5. The second-order valence-corrected chi connectivity index (χ2v) is 8.93. The number of benzene rings is 2. The maximum atomic E-state index is 13.4. The lowest BCUT2D eigenvalue weighted by Crippen LogP contribution is -2.47. The fourth-order valence-corrected chi connectivity index (χ4v) is 5.33. The van der Waals surface area contributed by atoms with Crippen molar-refractivity contribution < 1.29 is 14.3 Å².